The number of anilines is 1. The van der Waals surface area contributed by atoms with Gasteiger partial charge in [0.25, 0.3) is 0 Å². The second-order valence-electron chi connectivity index (χ2n) is 7.73. The molecule has 1 saturated carbocycles. The summed E-state index contributed by atoms with van der Waals surface area (Å²) in [6.45, 7) is 7.50. The maximum absolute atomic E-state index is 11.2. The normalized spacial score (nSPS) is 24.1. The SMILES string of the molecule is Cc1cc(N2CCC[C@@](O)(c3cn(C(C)C)nn3)C2)nc(C2CC2)n1. The van der Waals surface area contributed by atoms with Gasteiger partial charge in [-0.25, -0.2) is 14.6 Å². The van der Waals surface area contributed by atoms with Gasteiger partial charge in [-0.05, 0) is 46.5 Å². The smallest absolute Gasteiger partial charge is 0.134 e. The molecule has 7 nitrogen and oxygen atoms in total. The molecular weight excluding hydrogens is 316 g/mol. The minimum absolute atomic E-state index is 0.232. The van der Waals surface area contributed by atoms with Crippen molar-refractivity contribution < 1.29 is 5.11 Å². The molecule has 2 aliphatic rings. The standard InChI is InChI=1S/C18H26N6O/c1-12(2)24-10-15(21-22-24)18(25)7-4-8-23(11-18)16-9-13(3)19-17(20-16)14-5-6-14/h9-10,12,14,25H,4-8,11H2,1-3H3/t18-/m0/s1. The Hall–Kier alpha value is -2.02. The van der Waals surface area contributed by atoms with Crippen molar-refractivity contribution in [3.8, 4) is 0 Å². The summed E-state index contributed by atoms with van der Waals surface area (Å²) in [7, 11) is 0. The number of β-amino-alcohol motifs (C(OH)–C–C–N with tert-alkyl or cyclic N) is 1. The molecule has 1 N–H and O–H groups in total. The zero-order valence-electron chi connectivity index (χ0n) is 15.2. The lowest BCUT2D eigenvalue weighted by atomic mass is 9.90. The molecular formula is C18H26N6O. The number of piperidine rings is 1. The van der Waals surface area contributed by atoms with Crippen molar-refractivity contribution in [3.63, 3.8) is 0 Å². The van der Waals surface area contributed by atoms with Crippen LogP contribution in [0.5, 0.6) is 0 Å². The minimum atomic E-state index is -0.982. The van der Waals surface area contributed by atoms with Crippen molar-refractivity contribution in [2.24, 2.45) is 0 Å². The maximum Gasteiger partial charge on any atom is 0.134 e. The average Bonchev–Trinajstić information content (AvgIpc) is 3.30. The van der Waals surface area contributed by atoms with Crippen molar-refractivity contribution in [3.05, 3.63) is 29.5 Å². The number of hydrogen-bond acceptors (Lipinski definition) is 6. The van der Waals surface area contributed by atoms with Gasteiger partial charge in [0.1, 0.15) is 22.9 Å². The van der Waals surface area contributed by atoms with Crippen LogP contribution in [0, 0.1) is 6.92 Å². The monoisotopic (exact) mass is 342 g/mol. The predicted molar refractivity (Wildman–Crippen MR) is 94.5 cm³/mol. The van der Waals surface area contributed by atoms with Gasteiger partial charge in [-0.1, -0.05) is 5.21 Å². The number of rotatable bonds is 4. The predicted octanol–water partition coefficient (Wildman–Crippen LogP) is 2.32. The molecule has 0 amide bonds. The third kappa shape index (κ3) is 3.25. The second-order valence-corrected chi connectivity index (χ2v) is 7.73. The largest absolute Gasteiger partial charge is 0.382 e. The summed E-state index contributed by atoms with van der Waals surface area (Å²) in [5.74, 6) is 2.40. The van der Waals surface area contributed by atoms with Gasteiger partial charge >= 0.3 is 0 Å². The summed E-state index contributed by atoms with van der Waals surface area (Å²) in [5.41, 5.74) is 0.662. The van der Waals surface area contributed by atoms with Crippen molar-refractivity contribution in [2.45, 2.75) is 64.0 Å². The zero-order chi connectivity index (χ0) is 17.6. The van der Waals surface area contributed by atoms with Crippen LogP contribution in [0.25, 0.3) is 0 Å². The van der Waals surface area contributed by atoms with E-state index in [1.54, 1.807) is 4.68 Å². The summed E-state index contributed by atoms with van der Waals surface area (Å²) in [4.78, 5) is 11.5. The first kappa shape index (κ1) is 16.4. The Kier molecular flexibility index (Phi) is 3.98. The first-order valence-electron chi connectivity index (χ1n) is 9.20. The van der Waals surface area contributed by atoms with E-state index in [1.165, 1.54) is 12.8 Å². The number of aryl methyl sites for hydroxylation is 1. The van der Waals surface area contributed by atoms with Crippen molar-refractivity contribution in [1.29, 1.82) is 0 Å². The van der Waals surface area contributed by atoms with Gasteiger partial charge in [-0.3, -0.25) is 0 Å². The van der Waals surface area contributed by atoms with E-state index in [0.717, 1.165) is 30.3 Å². The van der Waals surface area contributed by atoms with E-state index in [9.17, 15) is 5.11 Å². The summed E-state index contributed by atoms with van der Waals surface area (Å²) in [5, 5.41) is 19.6. The number of hydrogen-bond donors (Lipinski definition) is 1. The Morgan fingerprint density at radius 1 is 1.28 bits per heavy atom. The molecule has 7 heteroatoms. The highest BCUT2D eigenvalue weighted by molar-refractivity contribution is 5.42. The molecule has 2 aromatic heterocycles. The van der Waals surface area contributed by atoms with Crippen LogP contribution in [0.4, 0.5) is 5.82 Å². The topological polar surface area (TPSA) is 80.0 Å². The Labute approximate surface area is 148 Å². The molecule has 1 aliphatic carbocycles. The highest BCUT2D eigenvalue weighted by Crippen LogP contribution is 2.39. The summed E-state index contributed by atoms with van der Waals surface area (Å²) < 4.78 is 1.80. The lowest BCUT2D eigenvalue weighted by Crippen LogP contribution is -2.47. The van der Waals surface area contributed by atoms with Gasteiger partial charge in [0.05, 0.1) is 12.7 Å². The van der Waals surface area contributed by atoms with Gasteiger partial charge in [0.2, 0.25) is 0 Å². The Balaban J connectivity index is 1.59. The number of nitrogens with zero attached hydrogens (tertiary/aromatic N) is 6. The van der Waals surface area contributed by atoms with E-state index < -0.39 is 5.60 Å². The van der Waals surface area contributed by atoms with Crippen LogP contribution in [0.15, 0.2) is 12.3 Å². The Morgan fingerprint density at radius 3 is 2.76 bits per heavy atom. The van der Waals surface area contributed by atoms with Crippen LogP contribution in [-0.4, -0.2) is 43.2 Å². The maximum atomic E-state index is 11.2. The van der Waals surface area contributed by atoms with E-state index in [4.69, 9.17) is 4.98 Å². The van der Waals surface area contributed by atoms with Gasteiger partial charge in [0.15, 0.2) is 0 Å². The van der Waals surface area contributed by atoms with Crippen LogP contribution in [-0.2, 0) is 5.60 Å². The molecule has 0 aromatic carbocycles. The lowest BCUT2D eigenvalue weighted by Gasteiger charge is -2.38. The second kappa shape index (κ2) is 6.05. The van der Waals surface area contributed by atoms with E-state index in [1.807, 2.05) is 19.2 Å². The fraction of sp³-hybridized carbons (Fsp3) is 0.667. The first-order valence-corrected chi connectivity index (χ1v) is 9.20. The Morgan fingerprint density at radius 2 is 2.08 bits per heavy atom. The third-order valence-corrected chi connectivity index (χ3v) is 5.11. The molecule has 3 heterocycles. The van der Waals surface area contributed by atoms with Crippen LogP contribution in [0.3, 0.4) is 0 Å². The van der Waals surface area contributed by atoms with E-state index >= 15 is 0 Å². The molecule has 4 rings (SSSR count). The van der Waals surface area contributed by atoms with Crippen LogP contribution in [0.2, 0.25) is 0 Å². The van der Waals surface area contributed by atoms with Gasteiger partial charge < -0.3 is 10.0 Å². The van der Waals surface area contributed by atoms with E-state index in [0.29, 0.717) is 24.6 Å². The van der Waals surface area contributed by atoms with E-state index in [2.05, 4.69) is 34.0 Å². The van der Waals surface area contributed by atoms with Crippen molar-refractivity contribution in [2.75, 3.05) is 18.0 Å². The molecule has 25 heavy (non-hydrogen) atoms. The van der Waals surface area contributed by atoms with Gasteiger partial charge in [-0.15, -0.1) is 5.10 Å². The summed E-state index contributed by atoms with van der Waals surface area (Å²) >= 11 is 0. The molecule has 1 aliphatic heterocycles. The lowest BCUT2D eigenvalue weighted by molar-refractivity contribution is 0.0174. The summed E-state index contributed by atoms with van der Waals surface area (Å²) in [6, 6.07) is 2.25. The molecule has 0 radical (unpaired) electrons. The number of aliphatic hydroxyl groups is 1. The quantitative estimate of drug-likeness (QED) is 0.918. The van der Waals surface area contributed by atoms with Crippen molar-refractivity contribution in [1.82, 2.24) is 25.0 Å². The Bertz CT molecular complexity index is 769. The first-order chi connectivity index (χ1) is 11.9. The zero-order valence-corrected chi connectivity index (χ0v) is 15.2. The molecule has 1 atom stereocenters. The summed E-state index contributed by atoms with van der Waals surface area (Å²) in [6.07, 6.45) is 5.83. The molecule has 134 valence electrons. The molecule has 0 bridgehead atoms. The molecule has 0 spiro atoms. The average molecular weight is 342 g/mol. The van der Waals surface area contributed by atoms with Gasteiger partial charge in [0, 0.05) is 30.3 Å². The highest BCUT2D eigenvalue weighted by atomic mass is 16.3. The fourth-order valence-corrected chi connectivity index (χ4v) is 3.44. The van der Waals surface area contributed by atoms with Crippen molar-refractivity contribution >= 4 is 5.82 Å². The van der Waals surface area contributed by atoms with Gasteiger partial charge in [-0.2, -0.15) is 0 Å². The number of aromatic nitrogens is 5. The fourth-order valence-electron chi connectivity index (χ4n) is 3.44. The molecule has 2 fully saturated rings. The highest BCUT2D eigenvalue weighted by Gasteiger charge is 2.38. The molecule has 2 aromatic rings. The molecule has 0 unspecified atom stereocenters. The van der Waals surface area contributed by atoms with Crippen LogP contribution < -0.4 is 4.90 Å². The van der Waals surface area contributed by atoms with Crippen LogP contribution in [0.1, 0.15) is 68.7 Å². The third-order valence-electron chi connectivity index (χ3n) is 5.11. The van der Waals surface area contributed by atoms with E-state index in [-0.39, 0.29) is 6.04 Å². The molecule has 1 saturated heterocycles. The van der Waals surface area contributed by atoms with Crippen LogP contribution >= 0.6 is 0 Å². The minimum Gasteiger partial charge on any atom is -0.382 e.